The molecule has 1 radical (unpaired) electrons. The predicted octanol–water partition coefficient (Wildman–Crippen LogP) is 2.93. The molecule has 0 bridgehead atoms. The molecule has 1 aliphatic heterocycles. The Morgan fingerprint density at radius 2 is 1.61 bits per heavy atom. The van der Waals surface area contributed by atoms with Crippen LogP contribution in [-0.4, -0.2) is 52.8 Å². The maximum absolute atomic E-state index is 6.18. The molecule has 1 atom stereocenters. The van der Waals surface area contributed by atoms with Crippen molar-refractivity contribution in [2.45, 2.75) is 53.0 Å². The second kappa shape index (κ2) is 14.5. The van der Waals surface area contributed by atoms with E-state index in [9.17, 15) is 0 Å². The first-order chi connectivity index (χ1) is 14.5. The second-order valence-corrected chi connectivity index (χ2v) is 7.69. The Morgan fingerprint density at radius 3 is 2.19 bits per heavy atom. The van der Waals surface area contributed by atoms with Crippen LogP contribution in [0.4, 0.5) is 0 Å². The average Bonchev–Trinajstić information content (AvgIpc) is 3.22. The van der Waals surface area contributed by atoms with E-state index in [1.807, 2.05) is 32.9 Å². The van der Waals surface area contributed by atoms with Crippen molar-refractivity contribution in [3.05, 3.63) is 23.7 Å². The monoisotopic (exact) mass is 512 g/mol. The van der Waals surface area contributed by atoms with E-state index in [1.54, 1.807) is 0 Å². The number of amidine groups is 2. The van der Waals surface area contributed by atoms with Gasteiger partial charge in [-0.25, -0.2) is 0 Å². The molecule has 1 unspecified atom stereocenters. The first-order valence-electron chi connectivity index (χ1n) is 10.4. The summed E-state index contributed by atoms with van der Waals surface area (Å²) in [6.45, 7) is 11.2. The van der Waals surface area contributed by atoms with Gasteiger partial charge in [0.2, 0.25) is 0 Å². The molecule has 0 amide bonds. The summed E-state index contributed by atoms with van der Waals surface area (Å²) in [5, 5.41) is 9.33. The van der Waals surface area contributed by atoms with E-state index in [0.29, 0.717) is 40.6 Å². The van der Waals surface area contributed by atoms with Gasteiger partial charge in [-0.15, -0.1) is 0 Å². The second-order valence-electron chi connectivity index (χ2n) is 6.91. The van der Waals surface area contributed by atoms with Gasteiger partial charge < -0.3 is 29.7 Å². The molecule has 2 N–H and O–H groups in total. The predicted molar refractivity (Wildman–Crippen MR) is 129 cm³/mol. The third-order valence-corrected chi connectivity index (χ3v) is 5.18. The van der Waals surface area contributed by atoms with Crippen LogP contribution in [0.2, 0.25) is 0 Å². The van der Waals surface area contributed by atoms with Gasteiger partial charge in [0.1, 0.15) is 11.5 Å². The Labute approximate surface area is 206 Å². The molecule has 1 saturated heterocycles. The molecule has 1 aromatic rings. The number of aliphatic imine (C=N–C) groups is 2. The normalized spacial score (nSPS) is 17.8. The molecule has 8 nitrogen and oxygen atoms in total. The molecular weight excluding hydrogens is 482 g/mol. The van der Waals surface area contributed by atoms with Gasteiger partial charge in [0.15, 0.2) is 5.76 Å². The molecule has 1 fully saturated rings. The van der Waals surface area contributed by atoms with Crippen LogP contribution in [0.1, 0.15) is 64.5 Å². The van der Waals surface area contributed by atoms with Crippen molar-refractivity contribution in [1.82, 2.24) is 15.8 Å². The van der Waals surface area contributed by atoms with Gasteiger partial charge in [-0.1, -0.05) is 6.42 Å². The fourth-order valence-corrected chi connectivity index (χ4v) is 3.50. The zero-order chi connectivity index (χ0) is 21.9. The number of hydrogen-bond donors (Lipinski definition) is 2. The first-order valence-corrected chi connectivity index (χ1v) is 11.2. The fraction of sp³-hybridized carbons (Fsp3) is 0.600. The number of furan rings is 1. The Bertz CT molecular complexity index is 801. The van der Waals surface area contributed by atoms with Gasteiger partial charge in [0.25, 0.3) is 0 Å². The molecule has 1 aromatic heterocycles. The van der Waals surface area contributed by atoms with E-state index < -0.39 is 0 Å². The fourth-order valence-electron chi connectivity index (χ4n) is 3.15. The van der Waals surface area contributed by atoms with Crippen LogP contribution in [0.3, 0.4) is 0 Å². The van der Waals surface area contributed by atoms with Gasteiger partial charge in [0, 0.05) is 13.1 Å². The Morgan fingerprint density at radius 1 is 1.03 bits per heavy atom. The number of nitrogens with zero attached hydrogens (tertiary/aromatic N) is 5. The summed E-state index contributed by atoms with van der Waals surface area (Å²) < 4.78 is 6.18. The van der Waals surface area contributed by atoms with Crippen LogP contribution in [0.25, 0.3) is 0 Å². The molecule has 0 aliphatic carbocycles. The summed E-state index contributed by atoms with van der Waals surface area (Å²) in [6, 6.07) is 4.11. The van der Waals surface area contributed by atoms with Crippen LogP contribution in [0.15, 0.2) is 36.7 Å². The van der Waals surface area contributed by atoms with Gasteiger partial charge in [-0.05, 0) is 76.1 Å². The minimum absolute atomic E-state index is 0. The quantitative estimate of drug-likeness (QED) is 0.183. The number of piperidine rings is 1. The summed E-state index contributed by atoms with van der Waals surface area (Å²) in [7, 11) is 0. The minimum atomic E-state index is 0. The van der Waals surface area contributed by atoms with Crippen molar-refractivity contribution in [3.63, 3.8) is 0 Å². The molecule has 0 aromatic carbocycles. The topological polar surface area (TPSA) is 89.9 Å². The van der Waals surface area contributed by atoms with Gasteiger partial charge in [-0.2, -0.15) is 10.2 Å². The molecular formula is C20H31CuN7OS2. The van der Waals surface area contributed by atoms with Gasteiger partial charge >= 0.3 is 17.1 Å². The van der Waals surface area contributed by atoms with Crippen molar-refractivity contribution in [1.29, 1.82) is 0 Å². The summed E-state index contributed by atoms with van der Waals surface area (Å²) in [6.07, 6.45) is 3.76. The van der Waals surface area contributed by atoms with Crippen LogP contribution in [0, 0.1) is 0 Å². The average molecular weight is 513 g/mol. The third-order valence-electron chi connectivity index (χ3n) is 4.74. The SMILES string of the molecule is CCN=C([S-])N/N=C(/C(C)=N/NC([S-])=NCC)c1ccc(C(C)N2CCCCC2)o1.[Cu+2]. The van der Waals surface area contributed by atoms with Crippen LogP contribution >= 0.6 is 0 Å². The van der Waals surface area contributed by atoms with Gasteiger partial charge in [-0.3, -0.25) is 25.7 Å². The largest absolute Gasteiger partial charge is 2.00 e. The van der Waals surface area contributed by atoms with Crippen molar-refractivity contribution in [3.8, 4) is 0 Å². The molecule has 0 saturated carbocycles. The number of hydrazone groups is 2. The molecule has 11 heteroatoms. The summed E-state index contributed by atoms with van der Waals surface area (Å²) in [5.41, 5.74) is 6.67. The maximum Gasteiger partial charge on any atom is 2.00 e. The zero-order valence-corrected chi connectivity index (χ0v) is 21.0. The van der Waals surface area contributed by atoms with Crippen molar-refractivity contribution < 1.29 is 21.5 Å². The third kappa shape index (κ3) is 8.86. The molecule has 1 aliphatic rings. The van der Waals surface area contributed by atoms with E-state index in [-0.39, 0.29) is 23.1 Å². The number of nitrogens with one attached hydrogen (secondary N) is 2. The van der Waals surface area contributed by atoms with Crippen LogP contribution in [-0.2, 0) is 42.3 Å². The Kier molecular flexibility index (Phi) is 12.9. The summed E-state index contributed by atoms with van der Waals surface area (Å²) in [4.78, 5) is 10.7. The molecule has 31 heavy (non-hydrogen) atoms. The number of likely N-dealkylation sites (tertiary alicyclic amines) is 1. The van der Waals surface area contributed by atoms with Crippen molar-refractivity contribution in [2.24, 2.45) is 20.2 Å². The number of rotatable bonds is 8. The molecule has 0 spiro atoms. The molecule has 2 heterocycles. The maximum atomic E-state index is 6.18. The van der Waals surface area contributed by atoms with Crippen molar-refractivity contribution in [2.75, 3.05) is 26.2 Å². The van der Waals surface area contributed by atoms with E-state index in [4.69, 9.17) is 29.7 Å². The summed E-state index contributed by atoms with van der Waals surface area (Å²) in [5.74, 6) is 1.50. The van der Waals surface area contributed by atoms with Crippen LogP contribution in [0.5, 0.6) is 0 Å². The smallest absolute Gasteiger partial charge is 0.741 e. The van der Waals surface area contributed by atoms with E-state index in [1.165, 1.54) is 19.3 Å². The summed E-state index contributed by atoms with van der Waals surface area (Å²) >= 11 is 10.3. The van der Waals surface area contributed by atoms with Gasteiger partial charge in [0.05, 0.1) is 11.8 Å². The zero-order valence-electron chi connectivity index (χ0n) is 18.4. The van der Waals surface area contributed by atoms with E-state index in [0.717, 1.165) is 18.8 Å². The minimum Gasteiger partial charge on any atom is -0.741 e. The standard InChI is InChI=1S/C20H33N7OS2.Cu/c1-5-21-19(29)25-23-14(3)18(24-26-20(30)22-6-2)17-11-10-16(28-17)15(4)27-12-8-7-9-13-27;/h10-11,15H,5-9,12-13H2,1-4H3,(H2,21,25,29)(H2,22,26,30);/q;+2/p-2/b23-14+,24-18-;. The van der Waals surface area contributed by atoms with E-state index in [2.05, 4.69) is 42.9 Å². The van der Waals surface area contributed by atoms with Crippen LogP contribution < -0.4 is 10.9 Å². The molecule has 2 rings (SSSR count). The van der Waals surface area contributed by atoms with Crippen molar-refractivity contribution >= 4 is 47.0 Å². The number of hydrogen-bond acceptors (Lipinski definition) is 8. The molecule has 175 valence electrons. The first kappa shape index (κ1) is 27.5. The Balaban J connectivity index is 0.00000480. The Hall–Kier alpha value is -1.52. The van der Waals surface area contributed by atoms with E-state index >= 15 is 0 Å².